The normalized spacial score (nSPS) is 10.3. The van der Waals surface area contributed by atoms with Crippen LogP contribution in [0.3, 0.4) is 0 Å². The minimum absolute atomic E-state index is 0.299. The van der Waals surface area contributed by atoms with Gasteiger partial charge >= 0.3 is 0 Å². The summed E-state index contributed by atoms with van der Waals surface area (Å²) >= 11 is 0. The number of pyridine rings is 1. The largest absolute Gasteiger partial charge is 0.381 e. The molecule has 2 aromatic rings. The van der Waals surface area contributed by atoms with Crippen molar-refractivity contribution in [2.24, 2.45) is 0 Å². The lowest BCUT2D eigenvalue weighted by atomic mass is 10.1. The molecule has 0 bridgehead atoms. The van der Waals surface area contributed by atoms with Crippen LogP contribution >= 0.6 is 0 Å². The van der Waals surface area contributed by atoms with Crippen LogP contribution in [0.4, 0.5) is 10.1 Å². The SMILES string of the molecule is CCCc1ccc(NCc2cncc(F)c2)cc1. The van der Waals surface area contributed by atoms with Crippen molar-refractivity contribution in [2.75, 3.05) is 5.32 Å². The van der Waals surface area contributed by atoms with Gasteiger partial charge in [0.2, 0.25) is 0 Å². The number of halogens is 1. The number of anilines is 1. The first-order valence-corrected chi connectivity index (χ1v) is 6.20. The number of aryl methyl sites for hydroxylation is 1. The third kappa shape index (κ3) is 3.55. The topological polar surface area (TPSA) is 24.9 Å². The number of hydrogen-bond donors (Lipinski definition) is 1. The molecule has 94 valence electrons. The highest BCUT2D eigenvalue weighted by molar-refractivity contribution is 5.45. The predicted molar refractivity (Wildman–Crippen MR) is 72.0 cm³/mol. The highest BCUT2D eigenvalue weighted by atomic mass is 19.1. The molecule has 0 fully saturated rings. The van der Waals surface area contributed by atoms with Gasteiger partial charge in [0.05, 0.1) is 6.20 Å². The van der Waals surface area contributed by atoms with Gasteiger partial charge in [-0.2, -0.15) is 0 Å². The van der Waals surface area contributed by atoms with E-state index in [1.54, 1.807) is 6.20 Å². The minimum Gasteiger partial charge on any atom is -0.381 e. The van der Waals surface area contributed by atoms with E-state index in [4.69, 9.17) is 0 Å². The lowest BCUT2D eigenvalue weighted by Gasteiger charge is -2.07. The maximum atomic E-state index is 12.9. The summed E-state index contributed by atoms with van der Waals surface area (Å²) in [4.78, 5) is 3.82. The van der Waals surface area contributed by atoms with Gasteiger partial charge in [-0.1, -0.05) is 25.5 Å². The molecule has 2 rings (SSSR count). The summed E-state index contributed by atoms with van der Waals surface area (Å²) < 4.78 is 12.9. The summed E-state index contributed by atoms with van der Waals surface area (Å²) in [5, 5.41) is 3.25. The Labute approximate surface area is 107 Å². The Hall–Kier alpha value is -1.90. The lowest BCUT2D eigenvalue weighted by molar-refractivity contribution is 0.619. The zero-order valence-electron chi connectivity index (χ0n) is 10.5. The number of nitrogens with zero attached hydrogens (tertiary/aromatic N) is 1. The predicted octanol–water partition coefficient (Wildman–Crippen LogP) is 3.79. The van der Waals surface area contributed by atoms with Crippen LogP contribution in [0.5, 0.6) is 0 Å². The second-order valence-corrected chi connectivity index (χ2v) is 4.31. The van der Waals surface area contributed by atoms with Gasteiger partial charge < -0.3 is 5.32 Å². The van der Waals surface area contributed by atoms with Crippen LogP contribution in [0.2, 0.25) is 0 Å². The van der Waals surface area contributed by atoms with E-state index in [1.807, 2.05) is 0 Å². The van der Waals surface area contributed by atoms with E-state index in [0.29, 0.717) is 6.54 Å². The molecule has 0 spiro atoms. The molecule has 1 aromatic carbocycles. The number of benzene rings is 1. The highest BCUT2D eigenvalue weighted by Crippen LogP contribution is 2.12. The zero-order chi connectivity index (χ0) is 12.8. The van der Waals surface area contributed by atoms with Crippen LogP contribution in [-0.4, -0.2) is 4.98 Å². The van der Waals surface area contributed by atoms with E-state index < -0.39 is 0 Å². The number of rotatable bonds is 5. The van der Waals surface area contributed by atoms with Gasteiger partial charge in [-0.3, -0.25) is 4.98 Å². The molecule has 0 atom stereocenters. The van der Waals surface area contributed by atoms with Crippen molar-refractivity contribution in [1.82, 2.24) is 4.98 Å². The Balaban J connectivity index is 1.93. The van der Waals surface area contributed by atoms with Crippen LogP contribution in [-0.2, 0) is 13.0 Å². The monoisotopic (exact) mass is 244 g/mol. The fourth-order valence-electron chi connectivity index (χ4n) is 1.83. The molecule has 0 saturated heterocycles. The first-order valence-electron chi connectivity index (χ1n) is 6.20. The van der Waals surface area contributed by atoms with E-state index in [1.165, 1.54) is 17.8 Å². The molecule has 0 unspecified atom stereocenters. The number of hydrogen-bond acceptors (Lipinski definition) is 2. The highest BCUT2D eigenvalue weighted by Gasteiger charge is 1.97. The molecular formula is C15H17FN2. The van der Waals surface area contributed by atoms with E-state index >= 15 is 0 Å². The van der Waals surface area contributed by atoms with Gasteiger partial charge in [-0.05, 0) is 35.7 Å². The molecule has 1 aromatic heterocycles. The van der Waals surface area contributed by atoms with E-state index in [2.05, 4.69) is 41.5 Å². The summed E-state index contributed by atoms with van der Waals surface area (Å²) in [6.07, 6.45) is 5.14. The van der Waals surface area contributed by atoms with Crippen molar-refractivity contribution in [3.05, 3.63) is 59.7 Å². The summed E-state index contributed by atoms with van der Waals surface area (Å²) in [6, 6.07) is 9.84. The van der Waals surface area contributed by atoms with Gasteiger partial charge in [0, 0.05) is 18.4 Å². The molecule has 0 saturated carbocycles. The second kappa shape index (κ2) is 6.15. The molecular weight excluding hydrogens is 227 g/mol. The molecule has 0 aliphatic rings. The Morgan fingerprint density at radius 1 is 1.11 bits per heavy atom. The maximum Gasteiger partial charge on any atom is 0.141 e. The summed E-state index contributed by atoms with van der Waals surface area (Å²) in [5.74, 6) is -0.299. The van der Waals surface area contributed by atoms with Crippen LogP contribution < -0.4 is 5.32 Å². The molecule has 0 radical (unpaired) electrons. The maximum absolute atomic E-state index is 12.9. The fraction of sp³-hybridized carbons (Fsp3) is 0.267. The van der Waals surface area contributed by atoms with Gasteiger partial charge in [0.25, 0.3) is 0 Å². The average molecular weight is 244 g/mol. The van der Waals surface area contributed by atoms with Gasteiger partial charge in [0.1, 0.15) is 5.82 Å². The number of aromatic nitrogens is 1. The Bertz CT molecular complexity index is 494. The second-order valence-electron chi connectivity index (χ2n) is 4.31. The summed E-state index contributed by atoms with van der Waals surface area (Å²) in [5.41, 5.74) is 3.22. The van der Waals surface area contributed by atoms with Crippen molar-refractivity contribution < 1.29 is 4.39 Å². The molecule has 1 heterocycles. The molecule has 0 amide bonds. The quantitative estimate of drug-likeness (QED) is 0.865. The van der Waals surface area contributed by atoms with Crippen LogP contribution in [0, 0.1) is 5.82 Å². The average Bonchev–Trinajstić information content (AvgIpc) is 2.38. The van der Waals surface area contributed by atoms with Crippen molar-refractivity contribution in [3.8, 4) is 0 Å². The van der Waals surface area contributed by atoms with Crippen molar-refractivity contribution in [1.29, 1.82) is 0 Å². The molecule has 18 heavy (non-hydrogen) atoms. The Morgan fingerprint density at radius 2 is 1.89 bits per heavy atom. The lowest BCUT2D eigenvalue weighted by Crippen LogP contribution is -2.00. The first-order chi connectivity index (χ1) is 8.78. The molecule has 3 heteroatoms. The third-order valence-corrected chi connectivity index (χ3v) is 2.75. The van der Waals surface area contributed by atoms with E-state index in [-0.39, 0.29) is 5.82 Å². The van der Waals surface area contributed by atoms with Gasteiger partial charge in [0.15, 0.2) is 0 Å². The van der Waals surface area contributed by atoms with Gasteiger partial charge in [-0.15, -0.1) is 0 Å². The Kier molecular flexibility index (Phi) is 4.29. The Morgan fingerprint density at radius 3 is 2.56 bits per heavy atom. The number of nitrogens with one attached hydrogen (secondary N) is 1. The smallest absolute Gasteiger partial charge is 0.141 e. The molecule has 2 nitrogen and oxygen atoms in total. The minimum atomic E-state index is -0.299. The standard InChI is InChI=1S/C15H17FN2/c1-2-3-12-4-6-15(7-5-12)18-10-13-8-14(16)11-17-9-13/h4-9,11,18H,2-3,10H2,1H3. The fourth-order valence-corrected chi connectivity index (χ4v) is 1.83. The van der Waals surface area contributed by atoms with Crippen molar-refractivity contribution >= 4 is 5.69 Å². The molecule has 1 N–H and O–H groups in total. The molecule has 0 aliphatic carbocycles. The first kappa shape index (κ1) is 12.6. The van der Waals surface area contributed by atoms with Crippen molar-refractivity contribution in [3.63, 3.8) is 0 Å². The molecule has 0 aliphatic heterocycles. The van der Waals surface area contributed by atoms with Crippen LogP contribution in [0.15, 0.2) is 42.7 Å². The van der Waals surface area contributed by atoms with Crippen molar-refractivity contribution in [2.45, 2.75) is 26.3 Å². The summed E-state index contributed by atoms with van der Waals surface area (Å²) in [7, 11) is 0. The van der Waals surface area contributed by atoms with E-state index in [0.717, 1.165) is 24.1 Å². The van der Waals surface area contributed by atoms with E-state index in [9.17, 15) is 4.39 Å². The third-order valence-electron chi connectivity index (χ3n) is 2.75. The van der Waals surface area contributed by atoms with Crippen LogP contribution in [0.1, 0.15) is 24.5 Å². The van der Waals surface area contributed by atoms with Gasteiger partial charge in [-0.25, -0.2) is 4.39 Å². The summed E-state index contributed by atoms with van der Waals surface area (Å²) in [6.45, 7) is 2.75. The van der Waals surface area contributed by atoms with Crippen LogP contribution in [0.25, 0.3) is 0 Å². The zero-order valence-corrected chi connectivity index (χ0v) is 10.5.